The zero-order valence-corrected chi connectivity index (χ0v) is 16.1. The Morgan fingerprint density at radius 2 is 2.00 bits per heavy atom. The lowest BCUT2D eigenvalue weighted by Crippen LogP contribution is -2.36. The van der Waals surface area contributed by atoms with E-state index in [1.807, 2.05) is 17.0 Å². The molecule has 2 aliphatic heterocycles. The molecule has 2 aliphatic rings. The molecule has 1 saturated heterocycles. The predicted molar refractivity (Wildman–Crippen MR) is 108 cm³/mol. The summed E-state index contributed by atoms with van der Waals surface area (Å²) in [5.41, 5.74) is 4.83. The quantitative estimate of drug-likeness (QED) is 0.831. The maximum absolute atomic E-state index is 12.9. The first-order valence-corrected chi connectivity index (χ1v) is 10.7. The second-order valence-corrected chi connectivity index (χ2v) is 8.16. The van der Waals surface area contributed by atoms with E-state index in [1.54, 1.807) is 11.8 Å². The molecule has 0 aromatic heterocycles. The van der Waals surface area contributed by atoms with Gasteiger partial charge in [-0.3, -0.25) is 4.79 Å². The Morgan fingerprint density at radius 3 is 2.73 bits per heavy atom. The average Bonchev–Trinajstić information content (AvgIpc) is 2.73. The minimum atomic E-state index is 0.151. The number of thioether (sulfide) groups is 1. The fourth-order valence-electron chi connectivity index (χ4n) is 4.05. The van der Waals surface area contributed by atoms with E-state index < -0.39 is 0 Å². The molecule has 2 heterocycles. The van der Waals surface area contributed by atoms with Crippen LogP contribution in [0.25, 0.3) is 0 Å². The van der Waals surface area contributed by atoms with Crippen LogP contribution in [-0.4, -0.2) is 36.7 Å². The van der Waals surface area contributed by atoms with Gasteiger partial charge in [0.05, 0.1) is 0 Å². The summed E-state index contributed by atoms with van der Waals surface area (Å²) in [6, 6.07) is 14.9. The average molecular weight is 367 g/mol. The molecule has 0 saturated carbocycles. The van der Waals surface area contributed by atoms with E-state index in [4.69, 9.17) is 0 Å². The topological polar surface area (TPSA) is 32.3 Å². The highest BCUT2D eigenvalue weighted by Crippen LogP contribution is 2.26. The number of hydrogen-bond acceptors (Lipinski definition) is 3. The van der Waals surface area contributed by atoms with Crippen LogP contribution in [0.15, 0.2) is 47.4 Å². The summed E-state index contributed by atoms with van der Waals surface area (Å²) in [7, 11) is 0. The third-order valence-corrected chi connectivity index (χ3v) is 6.36. The van der Waals surface area contributed by atoms with Crippen LogP contribution in [-0.2, 0) is 13.0 Å². The second kappa shape index (κ2) is 7.85. The van der Waals surface area contributed by atoms with Gasteiger partial charge in [0.2, 0.25) is 0 Å². The number of carbonyl (C=O) groups is 1. The fraction of sp³-hybridized carbons (Fsp3) is 0.409. The van der Waals surface area contributed by atoms with Gasteiger partial charge in [-0.2, -0.15) is 0 Å². The SMILES string of the molecule is CSc1ccc2c(c1)CCN(C(=O)c1ccc([C@@H]3CCCNC3)cc1)C2. The number of nitrogens with zero attached hydrogens (tertiary/aromatic N) is 1. The number of benzene rings is 2. The zero-order valence-electron chi connectivity index (χ0n) is 15.3. The molecule has 0 aliphatic carbocycles. The molecule has 1 fully saturated rings. The lowest BCUT2D eigenvalue weighted by Gasteiger charge is -2.29. The molecule has 4 rings (SSSR count). The van der Waals surface area contributed by atoms with Crippen molar-refractivity contribution in [1.82, 2.24) is 10.2 Å². The molecule has 0 spiro atoms. The summed E-state index contributed by atoms with van der Waals surface area (Å²) in [6.07, 6.45) is 5.52. The van der Waals surface area contributed by atoms with E-state index >= 15 is 0 Å². The Hall–Kier alpha value is -1.78. The molecule has 136 valence electrons. The van der Waals surface area contributed by atoms with Gasteiger partial charge in [-0.05, 0) is 78.9 Å². The van der Waals surface area contributed by atoms with Crippen molar-refractivity contribution in [3.8, 4) is 0 Å². The van der Waals surface area contributed by atoms with Crippen molar-refractivity contribution in [3.05, 3.63) is 64.7 Å². The molecule has 4 heteroatoms. The number of rotatable bonds is 3. The molecular formula is C22H26N2OS. The molecule has 1 atom stereocenters. The number of fused-ring (bicyclic) bond motifs is 1. The molecule has 2 aromatic rings. The zero-order chi connectivity index (χ0) is 17.9. The van der Waals surface area contributed by atoms with E-state index in [0.29, 0.717) is 5.92 Å². The first-order chi connectivity index (χ1) is 12.7. The Kier molecular flexibility index (Phi) is 5.32. The van der Waals surface area contributed by atoms with Crippen molar-refractivity contribution in [1.29, 1.82) is 0 Å². The van der Waals surface area contributed by atoms with Gasteiger partial charge in [-0.15, -0.1) is 11.8 Å². The maximum Gasteiger partial charge on any atom is 0.254 e. The molecular weight excluding hydrogens is 340 g/mol. The molecule has 1 N–H and O–H groups in total. The smallest absolute Gasteiger partial charge is 0.254 e. The second-order valence-electron chi connectivity index (χ2n) is 7.28. The minimum Gasteiger partial charge on any atom is -0.334 e. The predicted octanol–water partition coefficient (Wildman–Crippen LogP) is 4.07. The van der Waals surface area contributed by atoms with Crippen LogP contribution in [0.4, 0.5) is 0 Å². The van der Waals surface area contributed by atoms with Gasteiger partial charge in [0, 0.05) is 30.1 Å². The van der Waals surface area contributed by atoms with Crippen molar-refractivity contribution in [2.24, 2.45) is 0 Å². The molecule has 2 aromatic carbocycles. The Bertz CT molecular complexity index is 781. The molecule has 1 amide bonds. The highest BCUT2D eigenvalue weighted by Gasteiger charge is 2.22. The maximum atomic E-state index is 12.9. The van der Waals surface area contributed by atoms with Gasteiger partial charge in [0.1, 0.15) is 0 Å². The number of nitrogens with one attached hydrogen (secondary N) is 1. The number of piperidine rings is 1. The summed E-state index contributed by atoms with van der Waals surface area (Å²) in [6.45, 7) is 3.70. The lowest BCUT2D eigenvalue weighted by atomic mass is 9.91. The highest BCUT2D eigenvalue weighted by atomic mass is 32.2. The van der Waals surface area contributed by atoms with Crippen LogP contribution in [0.2, 0.25) is 0 Å². The van der Waals surface area contributed by atoms with Crippen LogP contribution in [0, 0.1) is 0 Å². The van der Waals surface area contributed by atoms with Gasteiger partial charge in [0.15, 0.2) is 0 Å². The van der Waals surface area contributed by atoms with E-state index in [-0.39, 0.29) is 5.91 Å². The first-order valence-electron chi connectivity index (χ1n) is 9.50. The monoisotopic (exact) mass is 366 g/mol. The number of amides is 1. The van der Waals surface area contributed by atoms with Crippen LogP contribution in [0.1, 0.15) is 45.8 Å². The third-order valence-electron chi connectivity index (χ3n) is 5.64. The molecule has 0 radical (unpaired) electrons. The lowest BCUT2D eigenvalue weighted by molar-refractivity contribution is 0.0734. The van der Waals surface area contributed by atoms with Gasteiger partial charge < -0.3 is 10.2 Å². The van der Waals surface area contributed by atoms with Gasteiger partial charge in [-0.25, -0.2) is 0 Å². The van der Waals surface area contributed by atoms with Crippen LogP contribution < -0.4 is 5.32 Å². The van der Waals surface area contributed by atoms with Gasteiger partial charge in [-0.1, -0.05) is 18.2 Å². The summed E-state index contributed by atoms with van der Waals surface area (Å²) in [5.74, 6) is 0.735. The molecule has 3 nitrogen and oxygen atoms in total. The van der Waals surface area contributed by atoms with Crippen molar-refractivity contribution >= 4 is 17.7 Å². The van der Waals surface area contributed by atoms with Crippen LogP contribution in [0.3, 0.4) is 0 Å². The summed E-state index contributed by atoms with van der Waals surface area (Å²) in [5, 5.41) is 3.46. The van der Waals surface area contributed by atoms with Crippen molar-refractivity contribution < 1.29 is 4.79 Å². The van der Waals surface area contributed by atoms with Crippen LogP contribution >= 0.6 is 11.8 Å². The van der Waals surface area contributed by atoms with E-state index in [0.717, 1.165) is 38.2 Å². The summed E-state index contributed by atoms with van der Waals surface area (Å²) < 4.78 is 0. The van der Waals surface area contributed by atoms with Crippen LogP contribution in [0.5, 0.6) is 0 Å². The van der Waals surface area contributed by atoms with E-state index in [1.165, 1.54) is 34.4 Å². The Morgan fingerprint density at radius 1 is 1.15 bits per heavy atom. The van der Waals surface area contributed by atoms with Gasteiger partial charge in [0.25, 0.3) is 5.91 Å². The number of hydrogen-bond donors (Lipinski definition) is 1. The Balaban J connectivity index is 1.45. The normalized spacial score (nSPS) is 19.9. The fourth-order valence-corrected chi connectivity index (χ4v) is 4.51. The van der Waals surface area contributed by atoms with Crippen molar-refractivity contribution in [2.75, 3.05) is 25.9 Å². The van der Waals surface area contributed by atoms with Crippen molar-refractivity contribution in [3.63, 3.8) is 0 Å². The van der Waals surface area contributed by atoms with E-state index in [9.17, 15) is 4.79 Å². The standard InChI is InChI=1S/C22H26N2OS/c1-26-21-9-8-20-15-24(12-10-18(20)13-21)22(25)17-6-4-16(5-7-17)19-3-2-11-23-14-19/h4-9,13,19,23H,2-3,10-12,14-15H2,1H3/t19-/m1/s1. The minimum absolute atomic E-state index is 0.151. The Labute approximate surface area is 160 Å². The first kappa shape index (κ1) is 17.6. The molecule has 26 heavy (non-hydrogen) atoms. The third kappa shape index (κ3) is 3.67. The molecule has 0 bridgehead atoms. The van der Waals surface area contributed by atoms with E-state index in [2.05, 4.69) is 41.9 Å². The summed E-state index contributed by atoms with van der Waals surface area (Å²) >= 11 is 1.77. The number of carbonyl (C=O) groups excluding carboxylic acids is 1. The largest absolute Gasteiger partial charge is 0.334 e. The summed E-state index contributed by atoms with van der Waals surface area (Å²) in [4.78, 5) is 16.2. The highest BCUT2D eigenvalue weighted by molar-refractivity contribution is 7.98. The van der Waals surface area contributed by atoms with Gasteiger partial charge >= 0.3 is 0 Å². The van der Waals surface area contributed by atoms with Crippen molar-refractivity contribution in [2.45, 2.75) is 36.6 Å². The molecule has 0 unspecified atom stereocenters.